The molecule has 0 aliphatic carbocycles. The molecule has 3 heteroatoms. The highest BCUT2D eigenvalue weighted by molar-refractivity contribution is 6.04. The number of fused-ring (bicyclic) bond motifs is 2. The van der Waals surface area contributed by atoms with Gasteiger partial charge in [-0.2, -0.15) is 0 Å². The third-order valence-corrected chi connectivity index (χ3v) is 3.02. The first kappa shape index (κ1) is 11.4. The molecule has 1 heterocycles. The number of carboxylic acid groups (broad SMARTS) is 1. The normalized spacial score (nSPS) is 11.4. The molecule has 3 aromatic rings. The number of hydrogen-bond donors (Lipinski definition) is 1. The van der Waals surface area contributed by atoms with E-state index in [1.165, 1.54) is 0 Å². The molecule has 0 saturated carbocycles. The number of rotatable bonds is 2. The van der Waals surface area contributed by atoms with Gasteiger partial charge in [-0.15, -0.1) is 0 Å². The summed E-state index contributed by atoms with van der Waals surface area (Å²) in [7, 11) is 0. The summed E-state index contributed by atoms with van der Waals surface area (Å²) in [6.45, 7) is 0. The van der Waals surface area contributed by atoms with E-state index in [1.54, 1.807) is 6.08 Å². The second kappa shape index (κ2) is 4.53. The maximum atomic E-state index is 10.7. The lowest BCUT2D eigenvalue weighted by molar-refractivity contribution is -0.131. The van der Waals surface area contributed by atoms with Gasteiger partial charge in [-0.05, 0) is 23.8 Å². The molecule has 0 amide bonds. The van der Waals surface area contributed by atoms with Crippen LogP contribution in [0.5, 0.6) is 0 Å². The zero-order chi connectivity index (χ0) is 13.2. The largest absolute Gasteiger partial charge is 0.478 e. The molecule has 0 aliphatic rings. The Morgan fingerprint density at radius 2 is 1.47 bits per heavy atom. The fourth-order valence-electron chi connectivity index (χ4n) is 2.21. The van der Waals surface area contributed by atoms with Gasteiger partial charge < -0.3 is 5.11 Å². The fourth-order valence-corrected chi connectivity index (χ4v) is 2.21. The molecule has 0 saturated heterocycles. The smallest absolute Gasteiger partial charge is 0.328 e. The molecule has 3 nitrogen and oxygen atoms in total. The van der Waals surface area contributed by atoms with Gasteiger partial charge in [0.1, 0.15) is 0 Å². The third-order valence-electron chi connectivity index (χ3n) is 3.02. The van der Waals surface area contributed by atoms with Crippen LogP contribution >= 0.6 is 0 Å². The second-order valence-corrected chi connectivity index (χ2v) is 4.23. The van der Waals surface area contributed by atoms with Gasteiger partial charge in [0.2, 0.25) is 0 Å². The van der Waals surface area contributed by atoms with E-state index in [0.717, 1.165) is 33.4 Å². The van der Waals surface area contributed by atoms with Crippen molar-refractivity contribution in [2.24, 2.45) is 0 Å². The van der Waals surface area contributed by atoms with Crippen molar-refractivity contribution in [1.29, 1.82) is 0 Å². The summed E-state index contributed by atoms with van der Waals surface area (Å²) in [4.78, 5) is 15.3. The number of aliphatic carboxylic acids is 1. The van der Waals surface area contributed by atoms with Gasteiger partial charge in [-0.25, -0.2) is 9.78 Å². The van der Waals surface area contributed by atoms with Crippen LogP contribution in [0.25, 0.3) is 27.9 Å². The first-order valence-electron chi connectivity index (χ1n) is 5.94. The van der Waals surface area contributed by atoms with E-state index >= 15 is 0 Å². The Balaban J connectivity index is 2.42. The molecule has 1 N–H and O–H groups in total. The molecule has 92 valence electrons. The number of nitrogens with zero attached hydrogens (tertiary/aromatic N) is 1. The molecule has 3 rings (SSSR count). The number of carbonyl (C=O) groups is 1. The summed E-state index contributed by atoms with van der Waals surface area (Å²) >= 11 is 0. The van der Waals surface area contributed by atoms with Crippen molar-refractivity contribution >= 4 is 33.9 Å². The molecular weight excluding hydrogens is 238 g/mol. The highest BCUT2D eigenvalue weighted by Crippen LogP contribution is 2.26. The monoisotopic (exact) mass is 249 g/mol. The minimum absolute atomic E-state index is 0.867. The van der Waals surface area contributed by atoms with E-state index in [0.29, 0.717) is 0 Å². The summed E-state index contributed by atoms with van der Waals surface area (Å²) in [6.07, 6.45) is 2.79. The van der Waals surface area contributed by atoms with Gasteiger partial charge in [-0.1, -0.05) is 36.4 Å². The van der Waals surface area contributed by atoms with Crippen molar-refractivity contribution in [3.05, 3.63) is 60.2 Å². The lowest BCUT2D eigenvalue weighted by atomic mass is 10.0. The van der Waals surface area contributed by atoms with Crippen LogP contribution < -0.4 is 0 Å². The fraction of sp³-hybridized carbons (Fsp3) is 0. The molecule has 0 spiro atoms. The predicted octanol–water partition coefficient (Wildman–Crippen LogP) is 3.49. The van der Waals surface area contributed by atoms with Crippen LogP contribution in [0.4, 0.5) is 0 Å². The zero-order valence-corrected chi connectivity index (χ0v) is 10.1. The average molecular weight is 249 g/mol. The molecule has 19 heavy (non-hydrogen) atoms. The molecule has 0 bridgehead atoms. The average Bonchev–Trinajstić information content (AvgIpc) is 2.43. The van der Waals surface area contributed by atoms with Gasteiger partial charge in [0.25, 0.3) is 0 Å². The van der Waals surface area contributed by atoms with Crippen LogP contribution in [0, 0.1) is 0 Å². The maximum Gasteiger partial charge on any atom is 0.328 e. The topological polar surface area (TPSA) is 50.2 Å². The lowest BCUT2D eigenvalue weighted by Gasteiger charge is -2.06. The molecule has 0 radical (unpaired) electrons. The van der Waals surface area contributed by atoms with Crippen molar-refractivity contribution < 1.29 is 9.90 Å². The first-order chi connectivity index (χ1) is 9.25. The van der Waals surface area contributed by atoms with Gasteiger partial charge in [0.15, 0.2) is 0 Å². The zero-order valence-electron chi connectivity index (χ0n) is 10.1. The molecule has 0 aliphatic heterocycles. The second-order valence-electron chi connectivity index (χ2n) is 4.23. The van der Waals surface area contributed by atoms with Crippen LogP contribution in [-0.4, -0.2) is 16.1 Å². The number of benzene rings is 2. The molecule has 0 fully saturated rings. The van der Waals surface area contributed by atoms with Gasteiger partial charge in [0.05, 0.1) is 11.0 Å². The van der Waals surface area contributed by atoms with E-state index in [2.05, 4.69) is 4.98 Å². The molecule has 0 atom stereocenters. The number of pyridine rings is 1. The van der Waals surface area contributed by atoms with Crippen molar-refractivity contribution in [3.63, 3.8) is 0 Å². The maximum absolute atomic E-state index is 10.7. The van der Waals surface area contributed by atoms with E-state index < -0.39 is 5.97 Å². The Morgan fingerprint density at radius 3 is 2.00 bits per heavy atom. The quantitative estimate of drug-likeness (QED) is 0.558. The summed E-state index contributed by atoms with van der Waals surface area (Å²) < 4.78 is 0. The Labute approximate surface area is 109 Å². The number of carboxylic acids is 1. The Bertz CT molecular complexity index is 752. The van der Waals surface area contributed by atoms with Crippen molar-refractivity contribution in [3.8, 4) is 0 Å². The third kappa shape index (κ3) is 2.06. The van der Waals surface area contributed by atoms with Crippen LogP contribution in [0.2, 0.25) is 0 Å². The van der Waals surface area contributed by atoms with Crippen molar-refractivity contribution in [2.75, 3.05) is 0 Å². The lowest BCUT2D eigenvalue weighted by Crippen LogP contribution is -1.90. The highest BCUT2D eigenvalue weighted by Gasteiger charge is 2.06. The van der Waals surface area contributed by atoms with Gasteiger partial charge in [0, 0.05) is 16.8 Å². The minimum Gasteiger partial charge on any atom is -0.478 e. The summed E-state index contributed by atoms with van der Waals surface area (Å²) in [5, 5.41) is 10.7. The van der Waals surface area contributed by atoms with Crippen molar-refractivity contribution in [2.45, 2.75) is 0 Å². The summed E-state index contributed by atoms with van der Waals surface area (Å²) in [5.74, 6) is -0.954. The summed E-state index contributed by atoms with van der Waals surface area (Å²) in [6, 6.07) is 15.5. The van der Waals surface area contributed by atoms with Crippen LogP contribution in [-0.2, 0) is 4.79 Å². The number of hydrogen-bond acceptors (Lipinski definition) is 2. The SMILES string of the molecule is O=C(O)C=Cc1c2ccccc2nc2ccccc12. The van der Waals surface area contributed by atoms with E-state index in [-0.39, 0.29) is 0 Å². The van der Waals surface area contributed by atoms with E-state index in [4.69, 9.17) is 5.11 Å². The van der Waals surface area contributed by atoms with Gasteiger partial charge >= 0.3 is 5.97 Å². The number of para-hydroxylation sites is 2. The van der Waals surface area contributed by atoms with Crippen LogP contribution in [0.15, 0.2) is 54.6 Å². The molecule has 1 aromatic heterocycles. The minimum atomic E-state index is -0.954. The number of aromatic nitrogens is 1. The van der Waals surface area contributed by atoms with Crippen molar-refractivity contribution in [1.82, 2.24) is 4.98 Å². The predicted molar refractivity (Wildman–Crippen MR) is 75.9 cm³/mol. The standard InChI is InChI=1S/C16H11NO2/c18-16(19)10-9-11-12-5-1-3-7-14(12)17-15-8-4-2-6-13(11)15/h1-10H,(H,18,19). The highest BCUT2D eigenvalue weighted by atomic mass is 16.4. The first-order valence-corrected chi connectivity index (χ1v) is 5.94. The molecule has 2 aromatic carbocycles. The molecular formula is C16H11NO2. The Kier molecular flexibility index (Phi) is 2.72. The van der Waals surface area contributed by atoms with Gasteiger partial charge in [-0.3, -0.25) is 0 Å². The summed E-state index contributed by atoms with van der Waals surface area (Å²) in [5.41, 5.74) is 2.63. The van der Waals surface area contributed by atoms with Crippen LogP contribution in [0.3, 0.4) is 0 Å². The molecule has 0 unspecified atom stereocenters. The van der Waals surface area contributed by atoms with E-state index in [9.17, 15) is 4.79 Å². The Morgan fingerprint density at radius 1 is 0.947 bits per heavy atom. The Hall–Kier alpha value is -2.68. The van der Waals surface area contributed by atoms with E-state index in [1.807, 2.05) is 48.5 Å². The van der Waals surface area contributed by atoms with Crippen LogP contribution in [0.1, 0.15) is 5.56 Å².